The SMILES string of the molecule is CC(C)(CO)C(=O)OCCl. The van der Waals surface area contributed by atoms with Gasteiger partial charge in [-0.2, -0.15) is 0 Å². The van der Waals surface area contributed by atoms with Crippen LogP contribution in [-0.4, -0.2) is 23.7 Å². The van der Waals surface area contributed by atoms with Crippen molar-refractivity contribution in [1.82, 2.24) is 0 Å². The number of hydrogen-bond acceptors (Lipinski definition) is 3. The number of ether oxygens (including phenoxy) is 1. The van der Waals surface area contributed by atoms with E-state index >= 15 is 0 Å². The molecule has 0 aromatic rings. The molecule has 10 heavy (non-hydrogen) atoms. The van der Waals surface area contributed by atoms with Crippen molar-refractivity contribution in [2.75, 3.05) is 12.7 Å². The van der Waals surface area contributed by atoms with Crippen LogP contribution in [0.4, 0.5) is 0 Å². The lowest BCUT2D eigenvalue weighted by molar-refractivity contribution is -0.153. The van der Waals surface area contributed by atoms with Crippen LogP contribution in [0.5, 0.6) is 0 Å². The molecule has 0 saturated heterocycles. The van der Waals surface area contributed by atoms with E-state index in [2.05, 4.69) is 4.74 Å². The van der Waals surface area contributed by atoms with E-state index in [9.17, 15) is 4.79 Å². The van der Waals surface area contributed by atoms with Crippen LogP contribution in [0, 0.1) is 5.41 Å². The average Bonchev–Trinajstić information content (AvgIpc) is 1.89. The molecule has 0 fully saturated rings. The lowest BCUT2D eigenvalue weighted by Crippen LogP contribution is -2.29. The topological polar surface area (TPSA) is 46.5 Å². The van der Waals surface area contributed by atoms with Gasteiger partial charge in [0.1, 0.15) is 0 Å². The highest BCUT2D eigenvalue weighted by Gasteiger charge is 2.27. The fourth-order valence-electron chi connectivity index (χ4n) is 0.309. The fourth-order valence-corrected chi connectivity index (χ4v) is 0.409. The third kappa shape index (κ3) is 2.54. The number of hydrogen-bond donors (Lipinski definition) is 1. The van der Waals surface area contributed by atoms with Gasteiger partial charge < -0.3 is 9.84 Å². The van der Waals surface area contributed by atoms with Crippen LogP contribution in [0.2, 0.25) is 0 Å². The Morgan fingerprint density at radius 1 is 1.70 bits per heavy atom. The lowest BCUT2D eigenvalue weighted by atomic mass is 9.95. The number of carbonyl (C=O) groups is 1. The van der Waals surface area contributed by atoms with Gasteiger partial charge in [-0.25, -0.2) is 0 Å². The van der Waals surface area contributed by atoms with Gasteiger partial charge in [-0.05, 0) is 13.8 Å². The number of halogens is 1. The van der Waals surface area contributed by atoms with Crippen molar-refractivity contribution >= 4 is 17.6 Å². The summed E-state index contributed by atoms with van der Waals surface area (Å²) in [6, 6.07) is -0.164. The molecule has 1 N–H and O–H groups in total. The molecule has 0 amide bonds. The van der Waals surface area contributed by atoms with Gasteiger partial charge in [0.2, 0.25) is 0 Å². The first-order chi connectivity index (χ1) is 4.54. The second kappa shape index (κ2) is 3.78. The van der Waals surface area contributed by atoms with Crippen LogP contribution < -0.4 is 0 Å². The Hall–Kier alpha value is -0.280. The summed E-state index contributed by atoms with van der Waals surface area (Å²) < 4.78 is 4.46. The lowest BCUT2D eigenvalue weighted by Gasteiger charge is -2.17. The van der Waals surface area contributed by atoms with E-state index in [1.54, 1.807) is 13.8 Å². The van der Waals surface area contributed by atoms with Crippen molar-refractivity contribution in [1.29, 1.82) is 0 Å². The van der Waals surface area contributed by atoms with E-state index in [4.69, 9.17) is 16.7 Å². The molecule has 0 aromatic heterocycles. The number of esters is 1. The number of alkyl halides is 1. The molecule has 3 nitrogen and oxygen atoms in total. The number of aliphatic hydroxyl groups excluding tert-OH is 1. The Kier molecular flexibility index (Phi) is 3.68. The maximum atomic E-state index is 10.8. The van der Waals surface area contributed by atoms with Gasteiger partial charge in [0.25, 0.3) is 0 Å². The molecule has 0 aliphatic carbocycles. The highest BCUT2D eigenvalue weighted by atomic mass is 35.5. The van der Waals surface area contributed by atoms with Crippen LogP contribution in [0.15, 0.2) is 0 Å². The predicted molar refractivity (Wildman–Crippen MR) is 37.7 cm³/mol. The Balaban J connectivity index is 3.91. The second-order valence-corrected chi connectivity index (χ2v) is 2.80. The molecule has 0 aliphatic rings. The van der Waals surface area contributed by atoms with Gasteiger partial charge in [-0.15, -0.1) is 0 Å². The molecule has 0 rings (SSSR count). The predicted octanol–water partition coefficient (Wildman–Crippen LogP) is 0.744. The molecule has 0 heterocycles. The standard InChI is InChI=1S/C6H11ClO3/c1-6(2,3-8)5(9)10-4-7/h8H,3-4H2,1-2H3. The maximum Gasteiger partial charge on any atom is 0.315 e. The summed E-state index contributed by atoms with van der Waals surface area (Å²) in [6.45, 7) is 2.94. The molecule has 0 radical (unpaired) electrons. The summed E-state index contributed by atoms with van der Waals surface area (Å²) >= 11 is 5.13. The molecule has 0 unspecified atom stereocenters. The minimum absolute atomic E-state index is 0.164. The number of rotatable bonds is 3. The minimum atomic E-state index is -0.838. The third-order valence-electron chi connectivity index (χ3n) is 1.13. The Bertz CT molecular complexity index is 122. The first-order valence-electron chi connectivity index (χ1n) is 2.88. The molecule has 0 atom stereocenters. The van der Waals surface area contributed by atoms with Gasteiger partial charge in [0.05, 0.1) is 12.0 Å². The molecule has 60 valence electrons. The molecule has 4 heteroatoms. The van der Waals surface area contributed by atoms with E-state index in [0.717, 1.165) is 0 Å². The average molecular weight is 167 g/mol. The molecule has 0 bridgehead atoms. The molecule has 0 aromatic carbocycles. The highest BCUT2D eigenvalue weighted by Crippen LogP contribution is 2.15. The normalized spacial score (nSPS) is 11.2. The fraction of sp³-hybridized carbons (Fsp3) is 0.833. The zero-order valence-corrected chi connectivity index (χ0v) is 6.81. The summed E-state index contributed by atoms with van der Waals surface area (Å²) in [6.07, 6.45) is 0. The molecule has 0 aliphatic heterocycles. The van der Waals surface area contributed by atoms with E-state index in [-0.39, 0.29) is 12.7 Å². The van der Waals surface area contributed by atoms with E-state index in [1.165, 1.54) is 0 Å². The summed E-state index contributed by atoms with van der Waals surface area (Å²) in [5.41, 5.74) is -0.838. The monoisotopic (exact) mass is 166 g/mol. The van der Waals surface area contributed by atoms with Crippen molar-refractivity contribution in [2.24, 2.45) is 5.41 Å². The Labute approximate surface area is 64.9 Å². The molecular weight excluding hydrogens is 156 g/mol. The van der Waals surface area contributed by atoms with Crippen LogP contribution in [-0.2, 0) is 9.53 Å². The van der Waals surface area contributed by atoms with Gasteiger partial charge in [0.15, 0.2) is 6.07 Å². The number of carbonyl (C=O) groups excluding carboxylic acids is 1. The first-order valence-corrected chi connectivity index (χ1v) is 3.42. The largest absolute Gasteiger partial charge is 0.449 e. The maximum absolute atomic E-state index is 10.8. The summed E-state index contributed by atoms with van der Waals surface area (Å²) in [4.78, 5) is 10.8. The van der Waals surface area contributed by atoms with Crippen LogP contribution in [0.1, 0.15) is 13.8 Å². The summed E-state index contributed by atoms with van der Waals surface area (Å²) in [7, 11) is 0. The first kappa shape index (κ1) is 9.72. The number of aliphatic hydroxyl groups is 1. The second-order valence-electron chi connectivity index (χ2n) is 2.58. The van der Waals surface area contributed by atoms with Gasteiger partial charge in [-0.3, -0.25) is 4.79 Å². The molecular formula is C6H11ClO3. The minimum Gasteiger partial charge on any atom is -0.449 e. The molecule has 0 saturated carbocycles. The van der Waals surface area contributed by atoms with E-state index in [0.29, 0.717) is 0 Å². The van der Waals surface area contributed by atoms with E-state index in [1.807, 2.05) is 0 Å². The Morgan fingerprint density at radius 2 is 2.20 bits per heavy atom. The van der Waals surface area contributed by atoms with E-state index < -0.39 is 11.4 Å². The highest BCUT2D eigenvalue weighted by molar-refractivity contribution is 6.17. The third-order valence-corrected chi connectivity index (χ3v) is 1.24. The van der Waals surface area contributed by atoms with Crippen molar-refractivity contribution in [3.05, 3.63) is 0 Å². The summed E-state index contributed by atoms with van der Waals surface area (Å²) in [5.74, 6) is -0.481. The van der Waals surface area contributed by atoms with Crippen LogP contribution in [0.25, 0.3) is 0 Å². The summed E-state index contributed by atoms with van der Waals surface area (Å²) in [5, 5.41) is 8.65. The Morgan fingerprint density at radius 3 is 2.50 bits per heavy atom. The van der Waals surface area contributed by atoms with Crippen molar-refractivity contribution in [3.8, 4) is 0 Å². The van der Waals surface area contributed by atoms with Crippen LogP contribution >= 0.6 is 11.6 Å². The van der Waals surface area contributed by atoms with Crippen LogP contribution in [0.3, 0.4) is 0 Å². The quantitative estimate of drug-likeness (QED) is 0.497. The van der Waals surface area contributed by atoms with Gasteiger partial charge in [-0.1, -0.05) is 11.6 Å². The van der Waals surface area contributed by atoms with Gasteiger partial charge >= 0.3 is 5.97 Å². The van der Waals surface area contributed by atoms with Crippen molar-refractivity contribution in [2.45, 2.75) is 13.8 Å². The smallest absolute Gasteiger partial charge is 0.315 e. The zero-order valence-electron chi connectivity index (χ0n) is 6.06. The van der Waals surface area contributed by atoms with Crippen molar-refractivity contribution in [3.63, 3.8) is 0 Å². The van der Waals surface area contributed by atoms with Gasteiger partial charge in [0, 0.05) is 0 Å². The molecule has 0 spiro atoms. The van der Waals surface area contributed by atoms with Crippen molar-refractivity contribution < 1.29 is 14.6 Å². The zero-order chi connectivity index (χ0) is 8.20.